The number of nitrogens with zero attached hydrogens (tertiary/aromatic N) is 6. The molecule has 28 heavy (non-hydrogen) atoms. The molecule has 4 heterocycles. The molecule has 0 amide bonds. The monoisotopic (exact) mass is 375 g/mol. The van der Waals surface area contributed by atoms with Crippen LogP contribution in [-0.4, -0.2) is 45.3 Å². The summed E-state index contributed by atoms with van der Waals surface area (Å²) in [6.45, 7) is 7.07. The maximum absolute atomic E-state index is 4.96. The summed E-state index contributed by atoms with van der Waals surface area (Å²) in [4.78, 5) is 18.7. The molecule has 3 aromatic rings. The van der Waals surface area contributed by atoms with Gasteiger partial charge in [0.2, 0.25) is 11.9 Å². The van der Waals surface area contributed by atoms with Crippen molar-refractivity contribution in [1.82, 2.24) is 24.8 Å². The van der Waals surface area contributed by atoms with Gasteiger partial charge in [0, 0.05) is 24.5 Å². The van der Waals surface area contributed by atoms with Gasteiger partial charge < -0.3 is 5.32 Å². The molecule has 0 bridgehead atoms. The van der Waals surface area contributed by atoms with Gasteiger partial charge in [-0.25, -0.2) is 9.98 Å². The predicted octanol–water partition coefficient (Wildman–Crippen LogP) is 3.02. The molecule has 0 unspecified atom stereocenters. The lowest BCUT2D eigenvalue weighted by molar-refractivity contribution is 0.256. The minimum absolute atomic E-state index is 0.0756. The number of aliphatic imine (C=N–C) groups is 1. The van der Waals surface area contributed by atoms with Crippen molar-refractivity contribution in [3.05, 3.63) is 54.4 Å². The molecule has 1 atom stereocenters. The van der Waals surface area contributed by atoms with Gasteiger partial charge in [-0.05, 0) is 30.5 Å². The van der Waals surface area contributed by atoms with Gasteiger partial charge in [0.15, 0.2) is 0 Å². The number of imidazole rings is 1. The van der Waals surface area contributed by atoms with Crippen molar-refractivity contribution < 1.29 is 0 Å². The third-order valence-corrected chi connectivity index (χ3v) is 5.38. The summed E-state index contributed by atoms with van der Waals surface area (Å²) >= 11 is 0. The van der Waals surface area contributed by atoms with Gasteiger partial charge >= 0.3 is 0 Å². The van der Waals surface area contributed by atoms with Gasteiger partial charge in [0.25, 0.3) is 0 Å². The standard InChI is InChI=1S/C21H25N7/c1-15(2)9-11-26-13-23-20-25-19(16-6-5-10-22-12-16)28-18-8-4-3-7-17(18)24-21(28)27(20)14-26/h3-8,10,12,15,19H,9,11,13-14H2,1-2H3,(H,23,25)/t19-/m0/s1. The van der Waals surface area contributed by atoms with Crippen molar-refractivity contribution >= 4 is 22.9 Å². The molecule has 1 N–H and O–H groups in total. The van der Waals surface area contributed by atoms with E-state index in [4.69, 9.17) is 9.98 Å². The fourth-order valence-electron chi connectivity index (χ4n) is 3.86. The highest BCUT2D eigenvalue weighted by atomic mass is 15.5. The van der Waals surface area contributed by atoms with Crippen LogP contribution >= 0.6 is 0 Å². The molecule has 7 heteroatoms. The molecule has 144 valence electrons. The van der Waals surface area contributed by atoms with E-state index in [0.29, 0.717) is 12.6 Å². The predicted molar refractivity (Wildman–Crippen MR) is 111 cm³/mol. The van der Waals surface area contributed by atoms with E-state index in [9.17, 15) is 0 Å². The van der Waals surface area contributed by atoms with Gasteiger partial charge in [-0.15, -0.1) is 0 Å². The number of hydrogen-bond acceptors (Lipinski definition) is 6. The van der Waals surface area contributed by atoms with Crippen LogP contribution in [0.3, 0.4) is 0 Å². The lowest BCUT2D eigenvalue weighted by Gasteiger charge is -2.41. The van der Waals surface area contributed by atoms with Crippen molar-refractivity contribution in [2.75, 3.05) is 24.8 Å². The molecule has 0 aliphatic carbocycles. The molecule has 1 aromatic carbocycles. The first-order valence-electron chi connectivity index (χ1n) is 9.88. The maximum Gasteiger partial charge on any atom is 0.216 e. The second-order valence-corrected chi connectivity index (χ2v) is 7.87. The number of benzene rings is 1. The molecule has 2 aliphatic heterocycles. The molecule has 0 saturated carbocycles. The number of hydrogen-bond donors (Lipinski definition) is 1. The number of nitrogens with one attached hydrogen (secondary N) is 1. The van der Waals surface area contributed by atoms with Crippen LogP contribution in [0.2, 0.25) is 0 Å². The van der Waals surface area contributed by atoms with E-state index in [1.807, 2.05) is 18.3 Å². The van der Waals surface area contributed by atoms with Crippen molar-refractivity contribution in [3.8, 4) is 0 Å². The Morgan fingerprint density at radius 2 is 2.07 bits per heavy atom. The third kappa shape index (κ3) is 2.92. The molecule has 7 nitrogen and oxygen atoms in total. The van der Waals surface area contributed by atoms with E-state index in [1.54, 1.807) is 6.20 Å². The first-order valence-corrected chi connectivity index (χ1v) is 9.88. The Bertz CT molecular complexity index is 1010. The molecule has 2 aromatic heterocycles. The smallest absolute Gasteiger partial charge is 0.216 e. The van der Waals surface area contributed by atoms with Crippen molar-refractivity contribution in [2.24, 2.45) is 10.9 Å². The summed E-state index contributed by atoms with van der Waals surface area (Å²) in [7, 11) is 0. The normalized spacial score (nSPS) is 19.3. The Morgan fingerprint density at radius 1 is 1.18 bits per heavy atom. The minimum Gasteiger partial charge on any atom is -0.331 e. The highest BCUT2D eigenvalue weighted by Gasteiger charge is 2.35. The first kappa shape index (κ1) is 17.2. The van der Waals surface area contributed by atoms with E-state index in [2.05, 4.69) is 62.8 Å². The number of aromatic nitrogens is 3. The van der Waals surface area contributed by atoms with E-state index in [1.165, 1.54) is 6.42 Å². The van der Waals surface area contributed by atoms with E-state index in [0.717, 1.165) is 41.7 Å². The quantitative estimate of drug-likeness (QED) is 0.760. The number of guanidine groups is 1. The highest BCUT2D eigenvalue weighted by molar-refractivity contribution is 5.98. The lowest BCUT2D eigenvalue weighted by Crippen LogP contribution is -2.57. The first-order chi connectivity index (χ1) is 13.7. The lowest BCUT2D eigenvalue weighted by atomic mass is 10.1. The zero-order valence-electron chi connectivity index (χ0n) is 16.3. The Hall–Kier alpha value is -2.93. The summed E-state index contributed by atoms with van der Waals surface area (Å²) in [5, 5.41) is 3.62. The number of pyridine rings is 1. The second-order valence-electron chi connectivity index (χ2n) is 7.87. The van der Waals surface area contributed by atoms with Gasteiger partial charge in [0.1, 0.15) is 6.17 Å². The number of fused-ring (bicyclic) bond motifs is 5. The van der Waals surface area contributed by atoms with Crippen LogP contribution in [0.25, 0.3) is 11.0 Å². The van der Waals surface area contributed by atoms with Crippen molar-refractivity contribution in [1.29, 1.82) is 0 Å². The van der Waals surface area contributed by atoms with Crippen LogP contribution in [-0.2, 0) is 0 Å². The van der Waals surface area contributed by atoms with Crippen LogP contribution in [0.5, 0.6) is 0 Å². The minimum atomic E-state index is -0.0756. The largest absolute Gasteiger partial charge is 0.331 e. The van der Waals surface area contributed by atoms with E-state index >= 15 is 0 Å². The summed E-state index contributed by atoms with van der Waals surface area (Å²) in [6, 6.07) is 12.4. The molecule has 0 radical (unpaired) electrons. The Morgan fingerprint density at radius 3 is 2.89 bits per heavy atom. The number of rotatable bonds is 4. The second kappa shape index (κ2) is 6.91. The topological polar surface area (TPSA) is 61.6 Å². The van der Waals surface area contributed by atoms with Crippen LogP contribution in [0.1, 0.15) is 32.0 Å². The Balaban J connectivity index is 1.58. The van der Waals surface area contributed by atoms with Gasteiger partial charge in [-0.2, -0.15) is 0 Å². The summed E-state index contributed by atoms with van der Waals surface area (Å²) < 4.78 is 2.26. The van der Waals surface area contributed by atoms with Gasteiger partial charge in [-0.3, -0.25) is 19.4 Å². The number of anilines is 1. The molecule has 0 saturated heterocycles. The maximum atomic E-state index is 4.96. The fourth-order valence-corrected chi connectivity index (χ4v) is 3.86. The molecular weight excluding hydrogens is 350 g/mol. The molecule has 5 rings (SSSR count). The van der Waals surface area contributed by atoms with E-state index in [-0.39, 0.29) is 6.17 Å². The SMILES string of the molecule is CC(C)CCN1CN=C2N[C@H](c3cccnc3)n3c(nc4ccccc43)N2C1. The molecule has 0 fully saturated rings. The average Bonchev–Trinajstić information content (AvgIpc) is 3.12. The molecule has 0 spiro atoms. The van der Waals surface area contributed by atoms with Crippen molar-refractivity contribution in [3.63, 3.8) is 0 Å². The summed E-state index contributed by atoms with van der Waals surface area (Å²) in [5.74, 6) is 2.50. The Kier molecular flexibility index (Phi) is 4.24. The Labute approximate surface area is 164 Å². The van der Waals surface area contributed by atoms with E-state index < -0.39 is 0 Å². The third-order valence-electron chi connectivity index (χ3n) is 5.38. The molecular formula is C21H25N7. The van der Waals surface area contributed by atoms with Crippen LogP contribution < -0.4 is 10.2 Å². The van der Waals surface area contributed by atoms with Crippen LogP contribution in [0.15, 0.2) is 53.8 Å². The highest BCUT2D eigenvalue weighted by Crippen LogP contribution is 2.33. The van der Waals surface area contributed by atoms with Crippen molar-refractivity contribution in [2.45, 2.75) is 26.4 Å². The van der Waals surface area contributed by atoms with Crippen LogP contribution in [0.4, 0.5) is 5.95 Å². The number of para-hydroxylation sites is 2. The van der Waals surface area contributed by atoms with Gasteiger partial charge in [-0.1, -0.05) is 32.0 Å². The fraction of sp³-hybridized carbons (Fsp3) is 0.381. The average molecular weight is 375 g/mol. The zero-order chi connectivity index (χ0) is 19.1. The zero-order valence-corrected chi connectivity index (χ0v) is 16.3. The van der Waals surface area contributed by atoms with Crippen LogP contribution in [0, 0.1) is 5.92 Å². The summed E-state index contributed by atoms with van der Waals surface area (Å²) in [6.07, 6.45) is 4.80. The molecule has 2 aliphatic rings. The van der Waals surface area contributed by atoms with Gasteiger partial charge in [0.05, 0.1) is 24.4 Å². The summed E-state index contributed by atoms with van der Waals surface area (Å²) in [5.41, 5.74) is 3.20.